The van der Waals surface area contributed by atoms with E-state index in [4.69, 9.17) is 58.8 Å². The van der Waals surface area contributed by atoms with Crippen molar-refractivity contribution in [2.75, 3.05) is 0 Å². The number of benzene rings is 18. The van der Waals surface area contributed by atoms with Crippen molar-refractivity contribution in [3.05, 3.63) is 328 Å². The molecule has 20 heteroatoms. The van der Waals surface area contributed by atoms with E-state index in [1.165, 1.54) is 74.2 Å². The van der Waals surface area contributed by atoms with Gasteiger partial charge in [-0.05, 0) is 283 Å². The van der Waals surface area contributed by atoms with E-state index in [0.29, 0.717) is 92.9 Å². The zero-order valence-corrected chi connectivity index (χ0v) is 78.4. The van der Waals surface area contributed by atoms with E-state index in [-0.39, 0.29) is 47.4 Å². The molecule has 0 bridgehead atoms. The van der Waals surface area contributed by atoms with Crippen LogP contribution in [0.4, 0.5) is 0 Å². The molecule has 4 N–H and O–H groups in total. The first-order valence-electron chi connectivity index (χ1n) is 49.7. The highest BCUT2D eigenvalue weighted by Gasteiger charge is 2.29. The number of hydrogen-bond donors (Lipinski definition) is 4. The molecule has 20 nitrogen and oxygen atoms in total. The van der Waals surface area contributed by atoms with Gasteiger partial charge in [0.05, 0.1) is 22.3 Å². The van der Waals surface area contributed by atoms with Crippen molar-refractivity contribution in [3.8, 4) is 138 Å². The number of ether oxygens (including phenoxy) is 4. The number of phenols is 4. The van der Waals surface area contributed by atoms with Crippen LogP contribution in [0, 0.1) is 0 Å². The summed E-state index contributed by atoms with van der Waals surface area (Å²) in [7, 11) is 0. The number of fused-ring (bicyclic) bond motifs is 10. The van der Waals surface area contributed by atoms with Crippen molar-refractivity contribution in [2.24, 2.45) is 0 Å². The standard InChI is InChI=1S/C33H27N3O2.C31H25N3O2.2C29H25N3O2/c37-30-17-9-8-16-27(30)31-34-32(36-33(35-31)38-22-11-2-1-3-12-22)29-20-28-23-13-5-4-10-21(23)18-19-26(28)24-14-6-7-15-25(24)29;35-26-12-5-4-11-25(26)30-32-29(33-31(34-30)36-22-9-2-1-3-10-22)24-18-16-21-14-13-19-7-6-8-20-15-17-23(24)28(21)27(19)20;33-25-17-9-8-16-24(25)27-30-28(32-29(31-27)34-21-12-2-1-3-13-21)26-22-14-6-4-10-19(22)18-20-11-5-7-15-23(20)26;33-26-17-9-8-16-24(26)27-30-28(32-29(31-27)34-20-11-2-1-3-12-20)25-18-19-10-4-5-13-21(19)22-14-6-7-15-23(22)25/h4-10,13-20,22,37H,1-3,11-12H2;4-8,11-18,22,35H,1-3,9-10H2;4-11,14-18,21,33H,1-3,12-13H2;4-10,13-18,20,33H,1-3,11-12H2. The van der Waals surface area contributed by atoms with Crippen LogP contribution in [0.2, 0.25) is 0 Å². The summed E-state index contributed by atoms with van der Waals surface area (Å²) in [4.78, 5) is 57.3. The molecule has 18 aromatic carbocycles. The molecule has 22 aromatic rings. The first-order chi connectivity index (χ1) is 70.0. The van der Waals surface area contributed by atoms with Crippen LogP contribution in [0.5, 0.6) is 47.0 Å². The predicted molar refractivity (Wildman–Crippen MR) is 566 cm³/mol. The lowest BCUT2D eigenvalue weighted by atomic mass is 9.92. The van der Waals surface area contributed by atoms with Gasteiger partial charge in [0.1, 0.15) is 47.4 Å². The van der Waals surface area contributed by atoms with Crippen LogP contribution in [-0.2, 0) is 0 Å². The monoisotopic (exact) mass is 1860 g/mol. The second kappa shape index (κ2) is 40.0. The zero-order chi connectivity index (χ0) is 95.4. The Morgan fingerprint density at radius 2 is 0.437 bits per heavy atom. The Hall–Kier alpha value is -16.7. The van der Waals surface area contributed by atoms with Gasteiger partial charge in [-0.25, -0.2) is 19.9 Å². The van der Waals surface area contributed by atoms with Crippen molar-refractivity contribution in [1.82, 2.24) is 59.8 Å². The fraction of sp³-hybridized carbons (Fsp3) is 0.197. The first-order valence-corrected chi connectivity index (χ1v) is 49.7. The Balaban J connectivity index is 0.000000105. The van der Waals surface area contributed by atoms with Crippen molar-refractivity contribution in [2.45, 2.75) is 153 Å². The third-order valence-electron chi connectivity index (χ3n) is 28.1. The number of hydrogen-bond acceptors (Lipinski definition) is 20. The summed E-state index contributed by atoms with van der Waals surface area (Å²) < 4.78 is 25.2. The van der Waals surface area contributed by atoms with Gasteiger partial charge in [0.2, 0.25) is 0 Å². The maximum absolute atomic E-state index is 10.6. The van der Waals surface area contributed by atoms with E-state index < -0.39 is 0 Å². The van der Waals surface area contributed by atoms with E-state index in [1.807, 2.05) is 91.0 Å². The van der Waals surface area contributed by atoms with Crippen molar-refractivity contribution in [1.29, 1.82) is 0 Å². The number of rotatable bonds is 16. The zero-order valence-electron chi connectivity index (χ0n) is 78.4. The van der Waals surface area contributed by atoms with Gasteiger partial charge in [-0.2, -0.15) is 39.9 Å². The summed E-state index contributed by atoms with van der Waals surface area (Å²) in [6, 6.07) is 110. The minimum absolute atomic E-state index is 0.0912. The van der Waals surface area contributed by atoms with E-state index in [9.17, 15) is 20.4 Å². The Kier molecular flexibility index (Phi) is 25.1. The van der Waals surface area contributed by atoms with Gasteiger partial charge in [-0.1, -0.05) is 280 Å². The molecule has 0 radical (unpaired) electrons. The third kappa shape index (κ3) is 18.5. The fourth-order valence-corrected chi connectivity index (χ4v) is 21.0. The van der Waals surface area contributed by atoms with Crippen LogP contribution >= 0.6 is 0 Å². The van der Waals surface area contributed by atoms with Gasteiger partial charge >= 0.3 is 24.0 Å². The van der Waals surface area contributed by atoms with Crippen molar-refractivity contribution in [3.63, 3.8) is 0 Å². The molecule has 4 fully saturated rings. The molecular weight excluding hydrogens is 1760 g/mol. The third-order valence-corrected chi connectivity index (χ3v) is 28.1. The molecule has 142 heavy (non-hydrogen) atoms. The van der Waals surface area contributed by atoms with Crippen LogP contribution in [0.25, 0.3) is 199 Å². The number of aromatic hydroxyl groups is 4. The summed E-state index contributed by atoms with van der Waals surface area (Å²) in [6.07, 6.45) is 22.6. The number of phenolic OH excluding ortho intramolecular Hbond substituents is 4. The molecule has 0 atom stereocenters. The van der Waals surface area contributed by atoms with Crippen LogP contribution in [0.3, 0.4) is 0 Å². The Morgan fingerprint density at radius 3 is 0.852 bits per heavy atom. The molecular formula is C122H102N12O8. The molecule has 4 aliphatic rings. The topological polar surface area (TPSA) is 273 Å². The van der Waals surface area contributed by atoms with Crippen molar-refractivity contribution < 1.29 is 39.4 Å². The maximum atomic E-state index is 10.6. The van der Waals surface area contributed by atoms with Crippen LogP contribution in [0.1, 0.15) is 128 Å². The highest BCUT2D eigenvalue weighted by atomic mass is 16.5. The number of nitrogens with zero attached hydrogens (tertiary/aromatic N) is 12. The molecule has 0 spiro atoms. The highest BCUT2D eigenvalue weighted by Crippen LogP contribution is 2.46. The smallest absolute Gasteiger partial charge is 0.320 e. The van der Waals surface area contributed by atoms with Crippen LogP contribution in [0.15, 0.2) is 328 Å². The van der Waals surface area contributed by atoms with Gasteiger partial charge < -0.3 is 39.4 Å². The molecule has 0 aliphatic heterocycles. The van der Waals surface area contributed by atoms with Gasteiger partial charge in [-0.3, -0.25) is 0 Å². The summed E-state index contributed by atoms with van der Waals surface area (Å²) >= 11 is 0. The summed E-state index contributed by atoms with van der Waals surface area (Å²) in [5.74, 6) is 4.33. The molecule has 4 aromatic heterocycles. The molecule has 4 heterocycles. The van der Waals surface area contributed by atoms with Crippen LogP contribution < -0.4 is 18.9 Å². The summed E-state index contributed by atoms with van der Waals surface area (Å²) in [5.41, 5.74) is 5.94. The second-order valence-corrected chi connectivity index (χ2v) is 37.3. The minimum Gasteiger partial charge on any atom is -0.507 e. The fourth-order valence-electron chi connectivity index (χ4n) is 21.0. The highest BCUT2D eigenvalue weighted by molar-refractivity contribution is 6.26. The molecule has 0 saturated heterocycles. The lowest BCUT2D eigenvalue weighted by Gasteiger charge is -2.22. The molecule has 26 rings (SSSR count). The number of aromatic nitrogens is 12. The van der Waals surface area contributed by atoms with E-state index in [0.717, 1.165) is 184 Å². The summed E-state index contributed by atoms with van der Waals surface area (Å²) in [5, 5.41) is 65.2. The predicted octanol–water partition coefficient (Wildman–Crippen LogP) is 29.5. The Bertz CT molecular complexity index is 8390. The van der Waals surface area contributed by atoms with Crippen LogP contribution in [-0.4, -0.2) is 105 Å². The minimum atomic E-state index is 0.0912. The van der Waals surface area contributed by atoms with Gasteiger partial charge in [-0.15, -0.1) is 0 Å². The average molecular weight is 1860 g/mol. The molecule has 4 aliphatic carbocycles. The van der Waals surface area contributed by atoms with Gasteiger partial charge in [0.25, 0.3) is 0 Å². The Morgan fingerprint density at radius 1 is 0.169 bits per heavy atom. The van der Waals surface area contributed by atoms with Gasteiger partial charge in [0, 0.05) is 22.3 Å². The van der Waals surface area contributed by atoms with E-state index >= 15 is 0 Å². The molecule has 698 valence electrons. The second-order valence-electron chi connectivity index (χ2n) is 37.3. The SMILES string of the molecule is Oc1ccccc1-c1nc(OC2CCCCC2)nc(-c2c3ccccc3cc3ccccc23)n1.Oc1ccccc1-c1nc(OC2CCCCC2)nc(-c2cc3c4ccccc4ccc3c3ccccc23)n1.Oc1ccccc1-c1nc(OC2CCCCC2)nc(-c2cc3ccccc3c3ccccc23)n1.Oc1ccccc1-c1nc(OC2CCCCC2)nc(-c2ccc3ccc4cccc5ccc2c3c45)n1. The first kappa shape index (κ1) is 89.2. The average Bonchev–Trinajstić information content (AvgIpc) is 0.730. The largest absolute Gasteiger partial charge is 0.507 e. The lowest BCUT2D eigenvalue weighted by molar-refractivity contribution is 0.141. The maximum Gasteiger partial charge on any atom is 0.320 e. The number of para-hydroxylation sites is 4. The summed E-state index contributed by atoms with van der Waals surface area (Å²) in [6.45, 7) is 0. The molecule has 4 saturated carbocycles. The van der Waals surface area contributed by atoms with Gasteiger partial charge in [0.15, 0.2) is 46.6 Å². The Labute approximate surface area is 820 Å². The normalized spacial score (nSPS) is 14.5. The molecule has 0 unspecified atom stereocenters. The molecule has 0 amide bonds. The van der Waals surface area contributed by atoms with E-state index in [2.05, 4.69) is 208 Å². The van der Waals surface area contributed by atoms with Crippen molar-refractivity contribution >= 4 is 108 Å². The lowest BCUT2D eigenvalue weighted by Crippen LogP contribution is -2.21. The van der Waals surface area contributed by atoms with E-state index in [1.54, 1.807) is 48.5 Å². The quantitative estimate of drug-likeness (QED) is 0.0517.